The maximum Gasteiger partial charge on any atom is 0.353 e. The predicted octanol–water partition coefficient (Wildman–Crippen LogP) is 3.76. The van der Waals surface area contributed by atoms with E-state index in [2.05, 4.69) is 22.2 Å². The average molecular weight is 333 g/mol. The first kappa shape index (κ1) is 16.9. The lowest BCUT2D eigenvalue weighted by molar-refractivity contribution is -0.383. The average Bonchev–Trinajstić information content (AvgIpc) is 2.83. The van der Waals surface area contributed by atoms with E-state index < -0.39 is 0 Å². The second-order valence-corrected chi connectivity index (χ2v) is 7.18. The molecule has 1 aliphatic heterocycles. The SMILES string of the molecule is CC1CCCN(c2ncnc(NC3CCCCCC3)c2[N+](=O)[O-])C1. The van der Waals surface area contributed by atoms with Crippen LogP contribution in [0, 0.1) is 16.0 Å². The number of hydrogen-bond acceptors (Lipinski definition) is 6. The van der Waals surface area contributed by atoms with E-state index in [-0.39, 0.29) is 16.7 Å². The summed E-state index contributed by atoms with van der Waals surface area (Å²) in [5, 5.41) is 15.1. The van der Waals surface area contributed by atoms with Crippen molar-refractivity contribution in [2.24, 2.45) is 5.92 Å². The summed E-state index contributed by atoms with van der Waals surface area (Å²) in [5.41, 5.74) is 0.0378. The van der Waals surface area contributed by atoms with E-state index >= 15 is 0 Å². The quantitative estimate of drug-likeness (QED) is 0.513. The molecule has 1 saturated carbocycles. The monoisotopic (exact) mass is 333 g/mol. The third-order valence-corrected chi connectivity index (χ3v) is 5.14. The minimum atomic E-state index is -0.326. The largest absolute Gasteiger partial charge is 0.361 e. The summed E-state index contributed by atoms with van der Waals surface area (Å²) in [6.45, 7) is 3.83. The highest BCUT2D eigenvalue weighted by Gasteiger charge is 2.30. The molecule has 1 aromatic rings. The highest BCUT2D eigenvalue weighted by molar-refractivity contribution is 5.70. The van der Waals surface area contributed by atoms with Crippen LogP contribution in [0.4, 0.5) is 17.3 Å². The van der Waals surface area contributed by atoms with E-state index in [9.17, 15) is 10.1 Å². The first-order valence-corrected chi connectivity index (χ1v) is 9.16. The molecule has 1 unspecified atom stereocenters. The molecule has 1 aliphatic carbocycles. The van der Waals surface area contributed by atoms with Gasteiger partial charge in [0.05, 0.1) is 4.92 Å². The number of nitrogens with zero attached hydrogens (tertiary/aromatic N) is 4. The molecule has 0 bridgehead atoms. The van der Waals surface area contributed by atoms with Crippen molar-refractivity contribution in [2.75, 3.05) is 23.3 Å². The van der Waals surface area contributed by atoms with Gasteiger partial charge in [0.2, 0.25) is 11.6 Å². The number of aromatic nitrogens is 2. The number of piperidine rings is 1. The van der Waals surface area contributed by atoms with E-state index in [4.69, 9.17) is 0 Å². The third kappa shape index (κ3) is 3.94. The fourth-order valence-electron chi connectivity index (χ4n) is 3.87. The van der Waals surface area contributed by atoms with Crippen LogP contribution in [0.2, 0.25) is 0 Å². The van der Waals surface area contributed by atoms with Crippen molar-refractivity contribution in [1.82, 2.24) is 9.97 Å². The van der Waals surface area contributed by atoms with Gasteiger partial charge in [0.1, 0.15) is 6.33 Å². The number of anilines is 2. The molecule has 2 fully saturated rings. The van der Waals surface area contributed by atoms with Crippen molar-refractivity contribution >= 4 is 17.3 Å². The Hall–Kier alpha value is -1.92. The zero-order chi connectivity index (χ0) is 16.9. The normalized spacial score (nSPS) is 22.9. The van der Waals surface area contributed by atoms with Crippen LogP contribution in [0.25, 0.3) is 0 Å². The lowest BCUT2D eigenvalue weighted by Crippen LogP contribution is -2.35. The number of nitro groups is 1. The second-order valence-electron chi connectivity index (χ2n) is 7.18. The molecular formula is C17H27N5O2. The van der Waals surface area contributed by atoms with Gasteiger partial charge in [0.25, 0.3) is 0 Å². The third-order valence-electron chi connectivity index (χ3n) is 5.14. The Balaban J connectivity index is 1.85. The van der Waals surface area contributed by atoms with Gasteiger partial charge in [0.15, 0.2) is 0 Å². The fourth-order valence-corrected chi connectivity index (χ4v) is 3.87. The smallest absolute Gasteiger partial charge is 0.353 e. The van der Waals surface area contributed by atoms with Gasteiger partial charge in [-0.3, -0.25) is 10.1 Å². The van der Waals surface area contributed by atoms with Crippen LogP contribution in [0.3, 0.4) is 0 Å². The second kappa shape index (κ2) is 7.77. The van der Waals surface area contributed by atoms with Gasteiger partial charge >= 0.3 is 5.69 Å². The minimum Gasteiger partial charge on any atom is -0.361 e. The number of rotatable bonds is 4. The Morgan fingerprint density at radius 3 is 2.58 bits per heavy atom. The van der Waals surface area contributed by atoms with Crippen molar-refractivity contribution in [3.8, 4) is 0 Å². The highest BCUT2D eigenvalue weighted by Crippen LogP contribution is 2.35. The summed E-state index contributed by atoms with van der Waals surface area (Å²) in [6.07, 6.45) is 10.6. The molecule has 1 saturated heterocycles. The molecule has 132 valence electrons. The van der Waals surface area contributed by atoms with Crippen LogP contribution in [0.15, 0.2) is 6.33 Å². The Morgan fingerprint density at radius 2 is 1.92 bits per heavy atom. The molecule has 1 aromatic heterocycles. The molecule has 2 aliphatic rings. The van der Waals surface area contributed by atoms with Gasteiger partial charge in [-0.25, -0.2) is 9.97 Å². The molecule has 2 heterocycles. The minimum absolute atomic E-state index is 0.0378. The number of hydrogen-bond donors (Lipinski definition) is 1. The Kier molecular flexibility index (Phi) is 5.48. The summed E-state index contributed by atoms with van der Waals surface area (Å²) in [4.78, 5) is 21.9. The Morgan fingerprint density at radius 1 is 1.17 bits per heavy atom. The van der Waals surface area contributed by atoms with Crippen molar-refractivity contribution in [2.45, 2.75) is 64.3 Å². The first-order valence-electron chi connectivity index (χ1n) is 9.16. The van der Waals surface area contributed by atoms with Crippen molar-refractivity contribution in [1.29, 1.82) is 0 Å². The highest BCUT2D eigenvalue weighted by atomic mass is 16.6. The van der Waals surface area contributed by atoms with E-state index in [1.165, 1.54) is 38.4 Å². The van der Waals surface area contributed by atoms with Crippen molar-refractivity contribution in [3.63, 3.8) is 0 Å². The summed E-state index contributed by atoms with van der Waals surface area (Å²) in [5.74, 6) is 1.39. The Labute approximate surface area is 143 Å². The van der Waals surface area contributed by atoms with Crippen LogP contribution < -0.4 is 10.2 Å². The molecule has 0 radical (unpaired) electrons. The molecule has 7 heteroatoms. The van der Waals surface area contributed by atoms with Crippen LogP contribution in [0.1, 0.15) is 58.3 Å². The molecule has 1 N–H and O–H groups in total. The van der Waals surface area contributed by atoms with Crippen molar-refractivity contribution in [3.05, 3.63) is 16.4 Å². The molecular weight excluding hydrogens is 306 g/mol. The van der Waals surface area contributed by atoms with E-state index in [1.807, 2.05) is 4.90 Å². The van der Waals surface area contributed by atoms with Crippen LogP contribution in [-0.2, 0) is 0 Å². The standard InChI is InChI=1S/C17H27N5O2/c1-13-7-6-10-21(11-13)17-15(22(23)24)16(18-12-19-17)20-14-8-4-2-3-5-9-14/h12-14H,2-11H2,1H3,(H,18,19,20). The molecule has 0 amide bonds. The number of nitrogens with one attached hydrogen (secondary N) is 1. The van der Waals surface area contributed by atoms with Gasteiger partial charge < -0.3 is 10.2 Å². The van der Waals surface area contributed by atoms with Gasteiger partial charge in [-0.1, -0.05) is 32.6 Å². The summed E-state index contributed by atoms with van der Waals surface area (Å²) in [6, 6.07) is 0.272. The summed E-state index contributed by atoms with van der Waals surface area (Å²) >= 11 is 0. The maximum atomic E-state index is 11.7. The van der Waals surface area contributed by atoms with Gasteiger partial charge in [-0.15, -0.1) is 0 Å². The zero-order valence-corrected chi connectivity index (χ0v) is 14.4. The van der Waals surface area contributed by atoms with Gasteiger partial charge in [0, 0.05) is 19.1 Å². The molecule has 1 atom stereocenters. The van der Waals surface area contributed by atoms with E-state index in [0.717, 1.165) is 32.4 Å². The van der Waals surface area contributed by atoms with Crippen LogP contribution in [0.5, 0.6) is 0 Å². The molecule has 3 rings (SSSR count). The summed E-state index contributed by atoms with van der Waals surface area (Å²) < 4.78 is 0. The summed E-state index contributed by atoms with van der Waals surface area (Å²) in [7, 11) is 0. The van der Waals surface area contributed by atoms with Crippen LogP contribution in [-0.4, -0.2) is 34.0 Å². The topological polar surface area (TPSA) is 84.2 Å². The zero-order valence-electron chi connectivity index (χ0n) is 14.4. The Bertz CT molecular complexity index is 572. The fraction of sp³-hybridized carbons (Fsp3) is 0.765. The lowest BCUT2D eigenvalue weighted by atomic mass is 10.0. The van der Waals surface area contributed by atoms with E-state index in [1.54, 1.807) is 0 Å². The van der Waals surface area contributed by atoms with Gasteiger partial charge in [-0.2, -0.15) is 0 Å². The molecule has 7 nitrogen and oxygen atoms in total. The lowest BCUT2D eigenvalue weighted by Gasteiger charge is -2.31. The predicted molar refractivity (Wildman–Crippen MR) is 94.4 cm³/mol. The maximum absolute atomic E-state index is 11.7. The molecule has 24 heavy (non-hydrogen) atoms. The first-order chi connectivity index (χ1) is 11.6. The van der Waals surface area contributed by atoms with E-state index in [0.29, 0.717) is 17.6 Å². The molecule has 0 spiro atoms. The molecule has 0 aromatic carbocycles. The van der Waals surface area contributed by atoms with Gasteiger partial charge in [-0.05, 0) is 31.6 Å². The van der Waals surface area contributed by atoms with Crippen molar-refractivity contribution < 1.29 is 4.92 Å². The van der Waals surface area contributed by atoms with Crippen LogP contribution >= 0.6 is 0 Å².